The molecule has 0 aromatic heterocycles. The van der Waals surface area contributed by atoms with Crippen LogP contribution in [0.2, 0.25) is 0 Å². The first-order chi connectivity index (χ1) is 16.2. The topological polar surface area (TPSA) is 60.9 Å². The molecule has 174 valence electrons. The van der Waals surface area contributed by atoms with Crippen molar-refractivity contribution in [3.8, 4) is 0 Å². The van der Waals surface area contributed by atoms with E-state index in [0.29, 0.717) is 17.2 Å². The summed E-state index contributed by atoms with van der Waals surface area (Å²) in [5.41, 5.74) is 5.17. The zero-order valence-electron chi connectivity index (χ0n) is 20.2. The van der Waals surface area contributed by atoms with Gasteiger partial charge >= 0.3 is 0 Å². The molecule has 5 nitrogen and oxygen atoms in total. The van der Waals surface area contributed by atoms with Gasteiger partial charge < -0.3 is 10.0 Å². The summed E-state index contributed by atoms with van der Waals surface area (Å²) in [6, 6.07) is 22.0. The minimum atomic E-state index is -0.729. The van der Waals surface area contributed by atoms with Crippen LogP contribution in [0.1, 0.15) is 48.1 Å². The first-order valence-corrected chi connectivity index (χ1v) is 11.4. The predicted octanol–water partition coefficient (Wildman–Crippen LogP) is 5.81. The van der Waals surface area contributed by atoms with Gasteiger partial charge in [0.1, 0.15) is 5.76 Å². The summed E-state index contributed by atoms with van der Waals surface area (Å²) >= 11 is 0. The predicted molar refractivity (Wildman–Crippen MR) is 137 cm³/mol. The largest absolute Gasteiger partial charge is 0.507 e. The van der Waals surface area contributed by atoms with Gasteiger partial charge in [-0.05, 0) is 48.2 Å². The average molecular weight is 455 g/mol. The number of hydrogen-bond acceptors (Lipinski definition) is 4. The van der Waals surface area contributed by atoms with E-state index >= 15 is 0 Å². The molecule has 1 N–H and O–H groups in total. The summed E-state index contributed by atoms with van der Waals surface area (Å²) in [4.78, 5) is 30.1. The van der Waals surface area contributed by atoms with E-state index < -0.39 is 17.7 Å². The SMILES string of the molecule is Cc1ccc(/C(O)=C2\C(=O)C(=O)N(c3ccc(N(C)C)cc3)C2c2ccc(C(C)C)cc2)cc1. The molecule has 1 atom stereocenters. The van der Waals surface area contributed by atoms with Gasteiger partial charge in [-0.1, -0.05) is 67.9 Å². The summed E-state index contributed by atoms with van der Waals surface area (Å²) in [6.45, 7) is 6.19. The number of aliphatic hydroxyl groups excluding tert-OH is 1. The van der Waals surface area contributed by atoms with Crippen molar-refractivity contribution in [2.75, 3.05) is 23.9 Å². The van der Waals surface area contributed by atoms with Gasteiger partial charge in [0.15, 0.2) is 0 Å². The molecule has 0 bridgehead atoms. The summed E-state index contributed by atoms with van der Waals surface area (Å²) in [5, 5.41) is 11.2. The van der Waals surface area contributed by atoms with Crippen LogP contribution in [0.5, 0.6) is 0 Å². The Morgan fingerprint density at radius 3 is 2.00 bits per heavy atom. The Morgan fingerprint density at radius 2 is 1.47 bits per heavy atom. The Balaban J connectivity index is 1.89. The average Bonchev–Trinajstić information content (AvgIpc) is 3.09. The number of nitrogens with zero attached hydrogens (tertiary/aromatic N) is 2. The van der Waals surface area contributed by atoms with Gasteiger partial charge in [0.05, 0.1) is 11.6 Å². The molecule has 1 aliphatic rings. The molecule has 3 aromatic rings. The van der Waals surface area contributed by atoms with Gasteiger partial charge in [0.25, 0.3) is 11.7 Å². The molecule has 1 fully saturated rings. The minimum Gasteiger partial charge on any atom is -0.507 e. The molecular weight excluding hydrogens is 424 g/mol. The normalized spacial score (nSPS) is 17.5. The molecule has 0 aliphatic carbocycles. The molecule has 1 heterocycles. The number of hydrogen-bond donors (Lipinski definition) is 1. The number of carbonyl (C=O) groups is 2. The van der Waals surface area contributed by atoms with E-state index in [-0.39, 0.29) is 11.3 Å². The van der Waals surface area contributed by atoms with Crippen LogP contribution < -0.4 is 9.80 Å². The van der Waals surface area contributed by atoms with E-state index in [1.165, 1.54) is 4.90 Å². The number of aliphatic hydroxyl groups is 1. The molecule has 1 unspecified atom stereocenters. The van der Waals surface area contributed by atoms with Crippen LogP contribution in [-0.4, -0.2) is 30.9 Å². The van der Waals surface area contributed by atoms with Gasteiger partial charge in [-0.25, -0.2) is 0 Å². The Labute approximate surface area is 201 Å². The number of aryl methyl sites for hydroxylation is 1. The lowest BCUT2D eigenvalue weighted by atomic mass is 9.93. The molecule has 34 heavy (non-hydrogen) atoms. The van der Waals surface area contributed by atoms with Crippen molar-refractivity contribution in [1.82, 2.24) is 0 Å². The Bertz CT molecular complexity index is 1240. The van der Waals surface area contributed by atoms with Crippen molar-refractivity contribution in [3.63, 3.8) is 0 Å². The molecule has 1 amide bonds. The maximum atomic E-state index is 13.3. The van der Waals surface area contributed by atoms with Crippen LogP contribution in [0, 0.1) is 6.92 Å². The fourth-order valence-corrected chi connectivity index (χ4v) is 4.26. The third-order valence-electron chi connectivity index (χ3n) is 6.33. The fraction of sp³-hybridized carbons (Fsp3) is 0.241. The maximum Gasteiger partial charge on any atom is 0.300 e. The summed E-state index contributed by atoms with van der Waals surface area (Å²) in [7, 11) is 3.89. The van der Waals surface area contributed by atoms with E-state index in [4.69, 9.17) is 0 Å². The zero-order valence-corrected chi connectivity index (χ0v) is 20.2. The van der Waals surface area contributed by atoms with E-state index in [1.807, 2.05) is 86.6 Å². The number of anilines is 2. The molecule has 4 rings (SSSR count). The van der Waals surface area contributed by atoms with Gasteiger partial charge in [0, 0.05) is 31.0 Å². The van der Waals surface area contributed by atoms with Gasteiger partial charge in [0.2, 0.25) is 0 Å². The molecule has 1 aliphatic heterocycles. The Kier molecular flexibility index (Phi) is 6.29. The van der Waals surface area contributed by atoms with Crippen molar-refractivity contribution in [2.24, 2.45) is 0 Å². The molecule has 0 spiro atoms. The van der Waals surface area contributed by atoms with Gasteiger partial charge in [-0.15, -0.1) is 0 Å². The molecule has 0 radical (unpaired) electrons. The lowest BCUT2D eigenvalue weighted by Gasteiger charge is -2.26. The van der Waals surface area contributed by atoms with Crippen molar-refractivity contribution in [2.45, 2.75) is 32.7 Å². The van der Waals surface area contributed by atoms with Crippen molar-refractivity contribution in [3.05, 3.63) is 101 Å². The van der Waals surface area contributed by atoms with E-state index in [0.717, 1.165) is 22.4 Å². The van der Waals surface area contributed by atoms with Crippen LogP contribution in [-0.2, 0) is 9.59 Å². The molecule has 1 saturated heterocycles. The van der Waals surface area contributed by atoms with Crippen LogP contribution in [0.25, 0.3) is 5.76 Å². The quantitative estimate of drug-likeness (QED) is 0.300. The third kappa shape index (κ3) is 4.21. The number of Topliss-reactive ketones (excluding diaryl/α,β-unsaturated/α-hetero) is 1. The number of ketones is 1. The Morgan fingerprint density at radius 1 is 0.882 bits per heavy atom. The van der Waals surface area contributed by atoms with E-state index in [2.05, 4.69) is 13.8 Å². The van der Waals surface area contributed by atoms with Crippen molar-refractivity contribution < 1.29 is 14.7 Å². The van der Waals surface area contributed by atoms with E-state index in [9.17, 15) is 14.7 Å². The second-order valence-corrected chi connectivity index (χ2v) is 9.27. The number of carbonyl (C=O) groups excluding carboxylic acids is 2. The third-order valence-corrected chi connectivity index (χ3v) is 6.33. The molecular formula is C29H30N2O3. The second kappa shape index (κ2) is 9.18. The molecule has 0 saturated carbocycles. The monoisotopic (exact) mass is 454 g/mol. The highest BCUT2D eigenvalue weighted by molar-refractivity contribution is 6.51. The van der Waals surface area contributed by atoms with Gasteiger partial charge in [-0.3, -0.25) is 14.5 Å². The fourth-order valence-electron chi connectivity index (χ4n) is 4.26. The highest BCUT2D eigenvalue weighted by atomic mass is 16.3. The zero-order chi connectivity index (χ0) is 24.6. The lowest BCUT2D eigenvalue weighted by Crippen LogP contribution is -2.29. The smallest absolute Gasteiger partial charge is 0.300 e. The van der Waals surface area contributed by atoms with Crippen LogP contribution in [0.4, 0.5) is 11.4 Å². The van der Waals surface area contributed by atoms with Gasteiger partial charge in [-0.2, -0.15) is 0 Å². The first kappa shape index (κ1) is 23.3. The summed E-state index contributed by atoms with van der Waals surface area (Å²) in [5.74, 6) is -1.15. The number of rotatable bonds is 5. The Hall–Kier alpha value is -3.86. The summed E-state index contributed by atoms with van der Waals surface area (Å²) < 4.78 is 0. The lowest BCUT2D eigenvalue weighted by molar-refractivity contribution is -0.132. The first-order valence-electron chi connectivity index (χ1n) is 11.4. The summed E-state index contributed by atoms with van der Waals surface area (Å²) in [6.07, 6.45) is 0. The highest BCUT2D eigenvalue weighted by Crippen LogP contribution is 2.42. The van der Waals surface area contributed by atoms with E-state index in [1.54, 1.807) is 12.1 Å². The number of amides is 1. The van der Waals surface area contributed by atoms with Crippen molar-refractivity contribution >= 4 is 28.8 Å². The molecule has 3 aromatic carbocycles. The maximum absolute atomic E-state index is 13.3. The second-order valence-electron chi connectivity index (χ2n) is 9.27. The number of benzene rings is 3. The molecule has 5 heteroatoms. The van der Waals surface area contributed by atoms with Crippen molar-refractivity contribution in [1.29, 1.82) is 0 Å². The van der Waals surface area contributed by atoms with Crippen LogP contribution in [0.15, 0.2) is 78.4 Å². The van der Waals surface area contributed by atoms with Crippen LogP contribution >= 0.6 is 0 Å². The standard InChI is InChI=1S/C29H30N2O3/c1-18(2)20-10-12-21(13-11-20)26-25(27(32)22-8-6-19(3)7-9-22)28(33)29(34)31(26)24-16-14-23(15-17-24)30(4)5/h6-18,26,32H,1-5H3/b27-25+. The highest BCUT2D eigenvalue weighted by Gasteiger charge is 2.46. The minimum absolute atomic E-state index is 0.0998. The van der Waals surface area contributed by atoms with Crippen LogP contribution in [0.3, 0.4) is 0 Å².